The molecular weight excluding hydrogens is 288 g/mol. The number of nitrogens with one attached hydrogen (secondary N) is 1. The fourth-order valence-electron chi connectivity index (χ4n) is 1.71. The molecule has 21 heavy (non-hydrogen) atoms. The molecule has 0 saturated heterocycles. The van der Waals surface area contributed by atoms with Crippen LogP contribution < -0.4 is 5.32 Å². The van der Waals surface area contributed by atoms with Crippen LogP contribution in [-0.4, -0.2) is 31.1 Å². The summed E-state index contributed by atoms with van der Waals surface area (Å²) >= 11 is 1.42. The van der Waals surface area contributed by atoms with Crippen LogP contribution >= 0.6 is 11.3 Å². The maximum absolute atomic E-state index is 11.9. The topological polar surface area (TPSA) is 85.6 Å². The second-order valence-corrected chi connectivity index (χ2v) is 5.57. The lowest BCUT2D eigenvalue weighted by atomic mass is 10.2. The minimum atomic E-state index is -0.235. The van der Waals surface area contributed by atoms with Crippen molar-refractivity contribution < 1.29 is 4.79 Å². The summed E-state index contributed by atoms with van der Waals surface area (Å²) < 4.78 is 0. The van der Waals surface area contributed by atoms with Crippen molar-refractivity contribution in [2.24, 2.45) is 0 Å². The van der Waals surface area contributed by atoms with E-state index in [-0.39, 0.29) is 12.5 Å². The van der Waals surface area contributed by atoms with Crippen LogP contribution in [0, 0.1) is 6.92 Å². The molecule has 8 heteroatoms. The SMILES string of the molecule is Cc1cnc(NC(=O)Cn2nnc(-c3ccccc3)n2)s1. The third-order valence-corrected chi connectivity index (χ3v) is 3.47. The summed E-state index contributed by atoms with van der Waals surface area (Å²) in [5.41, 5.74) is 0.861. The van der Waals surface area contributed by atoms with Crippen LogP contribution in [0.4, 0.5) is 5.13 Å². The fourth-order valence-corrected chi connectivity index (χ4v) is 2.39. The number of carbonyl (C=O) groups is 1. The molecule has 0 aliphatic rings. The van der Waals surface area contributed by atoms with Crippen molar-refractivity contribution in [3.05, 3.63) is 41.4 Å². The maximum atomic E-state index is 11.9. The Kier molecular flexibility index (Phi) is 3.69. The third kappa shape index (κ3) is 3.29. The third-order valence-electron chi connectivity index (χ3n) is 2.64. The highest BCUT2D eigenvalue weighted by Gasteiger charge is 2.10. The van der Waals surface area contributed by atoms with Crippen LogP contribution in [0.3, 0.4) is 0 Å². The number of rotatable bonds is 4. The molecule has 0 radical (unpaired) electrons. The smallest absolute Gasteiger partial charge is 0.249 e. The zero-order chi connectivity index (χ0) is 14.7. The van der Waals surface area contributed by atoms with Crippen molar-refractivity contribution in [3.63, 3.8) is 0 Å². The Morgan fingerprint density at radius 1 is 1.33 bits per heavy atom. The number of amides is 1. The lowest BCUT2D eigenvalue weighted by Gasteiger charge is -1.99. The molecule has 2 aromatic heterocycles. The van der Waals surface area contributed by atoms with Gasteiger partial charge in [0.25, 0.3) is 0 Å². The van der Waals surface area contributed by atoms with Gasteiger partial charge in [0, 0.05) is 16.6 Å². The highest BCUT2D eigenvalue weighted by atomic mass is 32.1. The van der Waals surface area contributed by atoms with Gasteiger partial charge < -0.3 is 5.32 Å². The van der Waals surface area contributed by atoms with Crippen molar-refractivity contribution in [2.45, 2.75) is 13.5 Å². The van der Waals surface area contributed by atoms with Crippen molar-refractivity contribution in [2.75, 3.05) is 5.32 Å². The quantitative estimate of drug-likeness (QED) is 0.793. The second kappa shape index (κ2) is 5.80. The second-order valence-electron chi connectivity index (χ2n) is 4.33. The summed E-state index contributed by atoms with van der Waals surface area (Å²) in [5, 5.41) is 15.3. The first-order valence-corrected chi connectivity index (χ1v) is 7.08. The molecule has 0 aliphatic carbocycles. The number of aryl methyl sites for hydroxylation is 1. The van der Waals surface area contributed by atoms with E-state index >= 15 is 0 Å². The number of anilines is 1. The van der Waals surface area contributed by atoms with Crippen LogP contribution in [0.1, 0.15) is 4.88 Å². The average molecular weight is 300 g/mol. The predicted octanol–water partition coefficient (Wildman–Crippen LogP) is 1.74. The molecule has 3 aromatic rings. The molecule has 1 N–H and O–H groups in total. The summed E-state index contributed by atoms with van der Waals surface area (Å²) in [6.45, 7) is 1.93. The summed E-state index contributed by atoms with van der Waals surface area (Å²) in [6, 6.07) is 9.48. The molecule has 0 bridgehead atoms. The van der Waals surface area contributed by atoms with Crippen LogP contribution in [0.5, 0.6) is 0 Å². The average Bonchev–Trinajstić information content (AvgIpc) is 3.09. The van der Waals surface area contributed by atoms with Gasteiger partial charge in [-0.15, -0.1) is 21.5 Å². The molecule has 0 atom stereocenters. The predicted molar refractivity (Wildman–Crippen MR) is 78.7 cm³/mol. The fraction of sp³-hybridized carbons (Fsp3) is 0.154. The van der Waals surface area contributed by atoms with E-state index in [1.54, 1.807) is 6.20 Å². The first-order chi connectivity index (χ1) is 10.2. The zero-order valence-corrected chi connectivity index (χ0v) is 12.0. The molecule has 0 unspecified atom stereocenters. The molecule has 0 saturated carbocycles. The Bertz CT molecular complexity index is 751. The van der Waals surface area contributed by atoms with Gasteiger partial charge in [-0.25, -0.2) is 4.98 Å². The summed E-state index contributed by atoms with van der Waals surface area (Å²) in [7, 11) is 0. The zero-order valence-electron chi connectivity index (χ0n) is 11.2. The van der Waals surface area contributed by atoms with E-state index in [1.807, 2.05) is 37.3 Å². The van der Waals surface area contributed by atoms with Crippen molar-refractivity contribution in [1.82, 2.24) is 25.2 Å². The van der Waals surface area contributed by atoms with Gasteiger partial charge in [0.1, 0.15) is 6.54 Å². The standard InChI is InChI=1S/C13H12N6OS/c1-9-7-14-13(21-9)15-11(20)8-19-17-12(16-18-19)10-5-3-2-4-6-10/h2-7H,8H2,1H3,(H,14,15,20). The van der Waals surface area contributed by atoms with Crippen LogP contribution in [0.2, 0.25) is 0 Å². The van der Waals surface area contributed by atoms with Gasteiger partial charge in [-0.05, 0) is 12.1 Å². The Morgan fingerprint density at radius 2 is 2.14 bits per heavy atom. The summed E-state index contributed by atoms with van der Waals surface area (Å²) in [4.78, 5) is 18.2. The maximum Gasteiger partial charge on any atom is 0.249 e. The van der Waals surface area contributed by atoms with Crippen molar-refractivity contribution in [1.29, 1.82) is 0 Å². The lowest BCUT2D eigenvalue weighted by Crippen LogP contribution is -2.20. The van der Waals surface area contributed by atoms with Gasteiger partial charge in [0.15, 0.2) is 5.13 Å². The molecule has 106 valence electrons. The minimum Gasteiger partial charge on any atom is -0.300 e. The molecule has 7 nitrogen and oxygen atoms in total. The Hall–Kier alpha value is -2.61. The van der Waals surface area contributed by atoms with Crippen molar-refractivity contribution >= 4 is 22.4 Å². The number of thiazole rings is 1. The van der Waals surface area contributed by atoms with E-state index < -0.39 is 0 Å². The van der Waals surface area contributed by atoms with Gasteiger partial charge in [-0.2, -0.15) is 4.80 Å². The molecule has 1 amide bonds. The van der Waals surface area contributed by atoms with Crippen molar-refractivity contribution in [3.8, 4) is 11.4 Å². The summed E-state index contributed by atoms with van der Waals surface area (Å²) in [6.07, 6.45) is 1.71. The Labute approximate surface area is 124 Å². The highest BCUT2D eigenvalue weighted by Crippen LogP contribution is 2.16. The molecule has 1 aromatic carbocycles. The van der Waals surface area contributed by atoms with Gasteiger partial charge in [-0.3, -0.25) is 4.79 Å². The number of aromatic nitrogens is 5. The van der Waals surface area contributed by atoms with Gasteiger partial charge in [0.2, 0.25) is 11.7 Å². The Morgan fingerprint density at radius 3 is 2.86 bits per heavy atom. The largest absolute Gasteiger partial charge is 0.300 e. The first kappa shape index (κ1) is 13.4. The Balaban J connectivity index is 1.66. The van der Waals surface area contributed by atoms with Gasteiger partial charge >= 0.3 is 0 Å². The first-order valence-electron chi connectivity index (χ1n) is 6.26. The van der Waals surface area contributed by atoms with Crippen LogP contribution in [0.15, 0.2) is 36.5 Å². The molecular formula is C13H12N6OS. The van der Waals surface area contributed by atoms with E-state index in [9.17, 15) is 4.79 Å². The van der Waals surface area contributed by atoms with Gasteiger partial charge in [-0.1, -0.05) is 30.3 Å². The number of nitrogens with zero attached hydrogens (tertiary/aromatic N) is 5. The minimum absolute atomic E-state index is 0.00153. The summed E-state index contributed by atoms with van der Waals surface area (Å²) in [5.74, 6) is 0.259. The van der Waals surface area contributed by atoms with Crippen LogP contribution in [0.25, 0.3) is 11.4 Å². The van der Waals surface area contributed by atoms with E-state index in [1.165, 1.54) is 16.1 Å². The molecule has 0 spiro atoms. The lowest BCUT2D eigenvalue weighted by molar-refractivity contribution is -0.117. The van der Waals surface area contributed by atoms with E-state index in [2.05, 4.69) is 25.7 Å². The molecule has 0 fully saturated rings. The molecule has 2 heterocycles. The number of hydrogen-bond acceptors (Lipinski definition) is 6. The number of tetrazole rings is 1. The van der Waals surface area contributed by atoms with Crippen LogP contribution in [-0.2, 0) is 11.3 Å². The highest BCUT2D eigenvalue weighted by molar-refractivity contribution is 7.15. The number of carbonyl (C=O) groups excluding carboxylic acids is 1. The van der Waals surface area contributed by atoms with E-state index in [0.717, 1.165) is 10.4 Å². The monoisotopic (exact) mass is 300 g/mol. The van der Waals surface area contributed by atoms with Gasteiger partial charge in [0.05, 0.1) is 0 Å². The van der Waals surface area contributed by atoms with E-state index in [0.29, 0.717) is 11.0 Å². The number of hydrogen-bond donors (Lipinski definition) is 1. The normalized spacial score (nSPS) is 10.5. The molecule has 0 aliphatic heterocycles. The number of benzene rings is 1. The molecule has 3 rings (SSSR count). The van der Waals surface area contributed by atoms with E-state index in [4.69, 9.17) is 0 Å².